The molecule has 0 saturated heterocycles. The quantitative estimate of drug-likeness (QED) is 0.388. The zero-order valence-electron chi connectivity index (χ0n) is 4.10. The van der Waals surface area contributed by atoms with Crippen molar-refractivity contribution in [2.24, 2.45) is 27.0 Å². The van der Waals surface area contributed by atoms with Crippen molar-refractivity contribution in [3.63, 3.8) is 0 Å². The third kappa shape index (κ3) is 0.983. The summed E-state index contributed by atoms with van der Waals surface area (Å²) in [4.78, 5) is 0. The standard InChI is InChI=1S/C2H6N6/c3-2-1-5-8(4)7-6-2/h1-2H,3-4H2. The lowest BCUT2D eigenvalue weighted by Gasteiger charge is -2.07. The Hall–Kier alpha value is -1.01. The number of rotatable bonds is 0. The van der Waals surface area contributed by atoms with Crippen LogP contribution >= 0.6 is 0 Å². The molecule has 0 amide bonds. The van der Waals surface area contributed by atoms with E-state index < -0.39 is 6.17 Å². The number of hydrogen-bond donors (Lipinski definition) is 2. The molecule has 1 atom stereocenters. The van der Waals surface area contributed by atoms with Crippen LogP contribution in [0.2, 0.25) is 0 Å². The smallest absolute Gasteiger partial charge is 0.158 e. The summed E-state index contributed by atoms with van der Waals surface area (Å²) in [5, 5.41) is 11.2. The lowest BCUT2D eigenvalue weighted by atomic mass is 10.6. The van der Waals surface area contributed by atoms with Gasteiger partial charge in [0.25, 0.3) is 0 Å². The number of hydrogen-bond acceptors (Lipinski definition) is 6. The molecule has 6 heteroatoms. The number of nitrogens with two attached hydrogens (primary N) is 2. The summed E-state index contributed by atoms with van der Waals surface area (Å²) >= 11 is 0. The van der Waals surface area contributed by atoms with Gasteiger partial charge in [0.1, 0.15) is 0 Å². The van der Waals surface area contributed by atoms with Crippen molar-refractivity contribution in [2.75, 3.05) is 0 Å². The molecule has 6 nitrogen and oxygen atoms in total. The lowest BCUT2D eigenvalue weighted by Crippen LogP contribution is -2.28. The summed E-state index contributed by atoms with van der Waals surface area (Å²) in [5.41, 5.74) is 5.20. The van der Waals surface area contributed by atoms with Crippen molar-refractivity contribution < 1.29 is 0 Å². The maximum absolute atomic E-state index is 5.20. The average Bonchev–Trinajstić information content (AvgIpc) is 1.77. The average molecular weight is 114 g/mol. The fraction of sp³-hybridized carbons (Fsp3) is 0.500. The molecule has 1 unspecified atom stereocenters. The van der Waals surface area contributed by atoms with Crippen LogP contribution in [0.15, 0.2) is 15.4 Å². The normalized spacial score (nSPS) is 26.8. The largest absolute Gasteiger partial charge is 0.303 e. The van der Waals surface area contributed by atoms with Crippen LogP contribution in [0, 0.1) is 0 Å². The van der Waals surface area contributed by atoms with Crippen LogP contribution in [0.5, 0.6) is 0 Å². The molecule has 0 spiro atoms. The topological polar surface area (TPSA) is 92.4 Å². The van der Waals surface area contributed by atoms with Gasteiger partial charge in [-0.2, -0.15) is 0 Å². The van der Waals surface area contributed by atoms with Crippen molar-refractivity contribution in [1.82, 2.24) is 5.23 Å². The van der Waals surface area contributed by atoms with Gasteiger partial charge in [-0.25, -0.2) is 5.84 Å². The Morgan fingerprint density at radius 1 is 1.62 bits per heavy atom. The molecule has 0 fully saturated rings. The summed E-state index contributed by atoms with van der Waals surface area (Å²) < 4.78 is 0. The summed E-state index contributed by atoms with van der Waals surface area (Å²) in [7, 11) is 0. The van der Waals surface area contributed by atoms with Crippen molar-refractivity contribution in [3.8, 4) is 0 Å². The summed E-state index contributed by atoms with van der Waals surface area (Å²) in [6.07, 6.45) is 0.960. The maximum Gasteiger partial charge on any atom is 0.158 e. The molecule has 1 heterocycles. The van der Waals surface area contributed by atoms with Gasteiger partial charge in [0.2, 0.25) is 0 Å². The third-order valence-electron chi connectivity index (χ3n) is 0.614. The van der Waals surface area contributed by atoms with Crippen LogP contribution in [0.25, 0.3) is 0 Å². The molecule has 4 N–H and O–H groups in total. The predicted octanol–water partition coefficient (Wildman–Crippen LogP) is -1.19. The van der Waals surface area contributed by atoms with Gasteiger partial charge in [-0.3, -0.25) is 0 Å². The molecule has 0 aromatic heterocycles. The Kier molecular flexibility index (Phi) is 1.18. The van der Waals surface area contributed by atoms with Gasteiger partial charge in [0.15, 0.2) is 6.17 Å². The van der Waals surface area contributed by atoms with Gasteiger partial charge >= 0.3 is 0 Å². The van der Waals surface area contributed by atoms with E-state index in [0.717, 1.165) is 5.23 Å². The molecule has 1 aliphatic heterocycles. The second-order valence-corrected chi connectivity index (χ2v) is 1.28. The first-order valence-electron chi connectivity index (χ1n) is 2.04. The number of hydrazine groups is 1. The molecule has 1 aliphatic rings. The SMILES string of the molecule is NC1C=NN(N)N=N1. The van der Waals surface area contributed by atoms with E-state index in [-0.39, 0.29) is 0 Å². The molecule has 0 aliphatic carbocycles. The molecule has 0 bridgehead atoms. The van der Waals surface area contributed by atoms with Crippen molar-refractivity contribution in [1.29, 1.82) is 0 Å². The van der Waals surface area contributed by atoms with Crippen molar-refractivity contribution in [3.05, 3.63) is 0 Å². The Morgan fingerprint density at radius 2 is 2.38 bits per heavy atom. The third-order valence-corrected chi connectivity index (χ3v) is 0.614. The van der Waals surface area contributed by atoms with E-state index in [0.29, 0.717) is 0 Å². The van der Waals surface area contributed by atoms with Crippen molar-refractivity contribution in [2.45, 2.75) is 6.17 Å². The Morgan fingerprint density at radius 3 is 2.75 bits per heavy atom. The van der Waals surface area contributed by atoms with Gasteiger partial charge in [-0.1, -0.05) is 5.23 Å². The molecular weight excluding hydrogens is 108 g/mol. The fourth-order valence-electron chi connectivity index (χ4n) is 0.302. The molecule has 0 radical (unpaired) electrons. The number of hydrazone groups is 1. The van der Waals surface area contributed by atoms with E-state index in [1.54, 1.807) is 0 Å². The van der Waals surface area contributed by atoms with Crippen LogP contribution in [0.1, 0.15) is 0 Å². The monoisotopic (exact) mass is 114 g/mol. The second kappa shape index (κ2) is 1.85. The minimum absolute atomic E-state index is 0.435. The highest BCUT2D eigenvalue weighted by molar-refractivity contribution is 5.63. The lowest BCUT2D eigenvalue weighted by molar-refractivity contribution is 0.277. The molecule has 8 heavy (non-hydrogen) atoms. The van der Waals surface area contributed by atoms with E-state index in [4.69, 9.17) is 11.6 Å². The zero-order chi connectivity index (χ0) is 5.98. The molecule has 0 aromatic rings. The minimum Gasteiger partial charge on any atom is -0.303 e. The molecule has 0 aromatic carbocycles. The van der Waals surface area contributed by atoms with E-state index in [1.807, 2.05) is 0 Å². The summed E-state index contributed by atoms with van der Waals surface area (Å²) in [5.74, 6) is 5.02. The van der Waals surface area contributed by atoms with E-state index in [2.05, 4.69) is 15.4 Å². The van der Waals surface area contributed by atoms with E-state index >= 15 is 0 Å². The fourth-order valence-corrected chi connectivity index (χ4v) is 0.302. The van der Waals surface area contributed by atoms with E-state index in [1.165, 1.54) is 6.21 Å². The molecule has 1 rings (SSSR count). The maximum atomic E-state index is 5.20. The summed E-state index contributed by atoms with van der Waals surface area (Å²) in [6, 6.07) is 0. The predicted molar refractivity (Wildman–Crippen MR) is 27.3 cm³/mol. The summed E-state index contributed by atoms with van der Waals surface area (Å²) in [6.45, 7) is 0. The highest BCUT2D eigenvalue weighted by Gasteiger charge is 1.99. The van der Waals surface area contributed by atoms with Gasteiger partial charge in [-0.05, 0) is 5.22 Å². The van der Waals surface area contributed by atoms with Gasteiger partial charge in [0.05, 0.1) is 6.21 Å². The van der Waals surface area contributed by atoms with Gasteiger partial charge in [0, 0.05) is 0 Å². The second-order valence-electron chi connectivity index (χ2n) is 1.28. The van der Waals surface area contributed by atoms with Crippen LogP contribution < -0.4 is 11.6 Å². The number of nitrogens with zero attached hydrogens (tertiary/aromatic N) is 4. The van der Waals surface area contributed by atoms with Crippen LogP contribution in [-0.2, 0) is 0 Å². The zero-order valence-corrected chi connectivity index (χ0v) is 4.10. The van der Waals surface area contributed by atoms with Gasteiger partial charge < -0.3 is 5.73 Å². The molecular formula is C2H6N6. The Balaban J connectivity index is 2.54. The highest BCUT2D eigenvalue weighted by Crippen LogP contribution is 1.90. The van der Waals surface area contributed by atoms with Crippen LogP contribution in [-0.4, -0.2) is 17.6 Å². The first-order valence-corrected chi connectivity index (χ1v) is 2.04. The van der Waals surface area contributed by atoms with Gasteiger partial charge in [-0.15, -0.1) is 10.2 Å². The molecule has 0 saturated carbocycles. The molecule has 44 valence electrons. The highest BCUT2D eigenvalue weighted by atomic mass is 15.8. The first kappa shape index (κ1) is 5.13. The Bertz CT molecular complexity index is 98.5. The first-order chi connectivity index (χ1) is 3.79. The minimum atomic E-state index is -0.435. The van der Waals surface area contributed by atoms with E-state index in [9.17, 15) is 0 Å². The van der Waals surface area contributed by atoms with Crippen LogP contribution in [0.4, 0.5) is 0 Å². The van der Waals surface area contributed by atoms with Crippen LogP contribution in [0.3, 0.4) is 0 Å². The van der Waals surface area contributed by atoms with Crippen molar-refractivity contribution >= 4 is 6.21 Å². The Labute approximate surface area is 45.8 Å².